The molecule has 0 unspecified atom stereocenters. The molecule has 104 valence electrons. The van der Waals surface area contributed by atoms with Gasteiger partial charge in [-0.25, -0.2) is 9.78 Å². The first kappa shape index (κ1) is 14.2. The first-order valence-electron chi connectivity index (χ1n) is 6.15. The van der Waals surface area contributed by atoms with Crippen molar-refractivity contribution in [2.45, 2.75) is 19.9 Å². The summed E-state index contributed by atoms with van der Waals surface area (Å²) in [7, 11) is 0. The SMILES string of the molecule is CCc1ccc(CNC(=O)c2nc(C(=O)O)cs2)cc1. The number of hydrogen-bond donors (Lipinski definition) is 2. The summed E-state index contributed by atoms with van der Waals surface area (Å²) in [5.74, 6) is -1.49. The van der Waals surface area contributed by atoms with Crippen molar-refractivity contribution in [3.63, 3.8) is 0 Å². The van der Waals surface area contributed by atoms with E-state index in [0.717, 1.165) is 23.3 Å². The number of rotatable bonds is 5. The lowest BCUT2D eigenvalue weighted by molar-refractivity contribution is 0.0691. The molecule has 0 saturated carbocycles. The van der Waals surface area contributed by atoms with Gasteiger partial charge in [-0.1, -0.05) is 31.2 Å². The highest BCUT2D eigenvalue weighted by atomic mass is 32.1. The Bertz CT molecular complexity index is 620. The molecule has 0 radical (unpaired) electrons. The van der Waals surface area contributed by atoms with Crippen LogP contribution >= 0.6 is 11.3 Å². The fraction of sp³-hybridized carbons (Fsp3) is 0.214. The Morgan fingerprint density at radius 1 is 1.25 bits per heavy atom. The number of aromatic nitrogens is 1. The molecule has 6 heteroatoms. The minimum Gasteiger partial charge on any atom is -0.476 e. The predicted molar refractivity (Wildman–Crippen MR) is 76.1 cm³/mol. The Hall–Kier alpha value is -2.21. The van der Waals surface area contributed by atoms with E-state index in [1.165, 1.54) is 10.9 Å². The first-order chi connectivity index (χ1) is 9.60. The van der Waals surface area contributed by atoms with Gasteiger partial charge in [-0.2, -0.15) is 0 Å². The van der Waals surface area contributed by atoms with Gasteiger partial charge in [0.2, 0.25) is 0 Å². The van der Waals surface area contributed by atoms with Crippen LogP contribution in [0.15, 0.2) is 29.6 Å². The van der Waals surface area contributed by atoms with Crippen LogP contribution in [-0.4, -0.2) is 22.0 Å². The van der Waals surface area contributed by atoms with Crippen molar-refractivity contribution in [2.24, 2.45) is 0 Å². The van der Waals surface area contributed by atoms with Gasteiger partial charge < -0.3 is 10.4 Å². The highest BCUT2D eigenvalue weighted by Crippen LogP contribution is 2.10. The third kappa shape index (κ3) is 3.42. The van der Waals surface area contributed by atoms with Crippen LogP contribution in [-0.2, 0) is 13.0 Å². The molecule has 20 heavy (non-hydrogen) atoms. The maximum Gasteiger partial charge on any atom is 0.355 e. The lowest BCUT2D eigenvalue weighted by atomic mass is 10.1. The maximum absolute atomic E-state index is 11.8. The second-order valence-electron chi connectivity index (χ2n) is 4.20. The number of benzene rings is 1. The Labute approximate surface area is 120 Å². The normalized spacial score (nSPS) is 10.2. The molecule has 1 aromatic heterocycles. The van der Waals surface area contributed by atoms with Gasteiger partial charge in [-0.3, -0.25) is 4.79 Å². The first-order valence-corrected chi connectivity index (χ1v) is 7.03. The van der Waals surface area contributed by atoms with E-state index in [1.54, 1.807) is 0 Å². The summed E-state index contributed by atoms with van der Waals surface area (Å²) in [4.78, 5) is 26.3. The summed E-state index contributed by atoms with van der Waals surface area (Å²) in [6.07, 6.45) is 0.976. The molecule has 2 aromatic rings. The van der Waals surface area contributed by atoms with Crippen molar-refractivity contribution in [3.8, 4) is 0 Å². The molecule has 0 aliphatic carbocycles. The van der Waals surface area contributed by atoms with E-state index in [-0.39, 0.29) is 16.6 Å². The zero-order valence-electron chi connectivity index (χ0n) is 10.9. The van der Waals surface area contributed by atoms with Crippen LogP contribution in [0.1, 0.15) is 38.3 Å². The van der Waals surface area contributed by atoms with Crippen LogP contribution in [0.25, 0.3) is 0 Å². The molecule has 0 aliphatic heterocycles. The predicted octanol–water partition coefficient (Wildman–Crippen LogP) is 2.33. The number of carbonyl (C=O) groups is 2. The summed E-state index contributed by atoms with van der Waals surface area (Å²) >= 11 is 1.02. The van der Waals surface area contributed by atoms with Crippen LogP contribution in [0.3, 0.4) is 0 Å². The van der Waals surface area contributed by atoms with E-state index < -0.39 is 5.97 Å². The average molecular weight is 290 g/mol. The van der Waals surface area contributed by atoms with E-state index in [2.05, 4.69) is 17.2 Å². The zero-order chi connectivity index (χ0) is 14.5. The van der Waals surface area contributed by atoms with E-state index >= 15 is 0 Å². The third-order valence-electron chi connectivity index (χ3n) is 2.80. The van der Waals surface area contributed by atoms with E-state index in [9.17, 15) is 9.59 Å². The van der Waals surface area contributed by atoms with Crippen molar-refractivity contribution < 1.29 is 14.7 Å². The number of aromatic carboxylic acids is 1. The summed E-state index contributed by atoms with van der Waals surface area (Å²) < 4.78 is 0. The topological polar surface area (TPSA) is 79.3 Å². The molecule has 5 nitrogen and oxygen atoms in total. The van der Waals surface area contributed by atoms with Crippen LogP contribution in [0.4, 0.5) is 0 Å². The fourth-order valence-electron chi connectivity index (χ4n) is 1.63. The van der Waals surface area contributed by atoms with Crippen molar-refractivity contribution in [3.05, 3.63) is 51.5 Å². The molecule has 1 amide bonds. The molecule has 0 bridgehead atoms. The molecular weight excluding hydrogens is 276 g/mol. The molecule has 0 atom stereocenters. The average Bonchev–Trinajstić information content (AvgIpc) is 2.95. The van der Waals surface area contributed by atoms with Gasteiger partial charge in [-0.05, 0) is 17.5 Å². The largest absolute Gasteiger partial charge is 0.476 e. The van der Waals surface area contributed by atoms with Gasteiger partial charge in [0.15, 0.2) is 10.7 Å². The van der Waals surface area contributed by atoms with E-state index in [0.29, 0.717) is 6.54 Å². The lowest BCUT2D eigenvalue weighted by Crippen LogP contribution is -2.22. The number of nitrogens with zero attached hydrogens (tertiary/aromatic N) is 1. The summed E-state index contributed by atoms with van der Waals surface area (Å²) in [6.45, 7) is 2.48. The van der Waals surface area contributed by atoms with Gasteiger partial charge in [0.1, 0.15) is 0 Å². The fourth-order valence-corrected chi connectivity index (χ4v) is 2.33. The van der Waals surface area contributed by atoms with Crippen molar-refractivity contribution >= 4 is 23.2 Å². The van der Waals surface area contributed by atoms with Gasteiger partial charge in [-0.15, -0.1) is 11.3 Å². The monoisotopic (exact) mass is 290 g/mol. The number of amides is 1. The number of carboxylic acid groups (broad SMARTS) is 1. The number of carboxylic acids is 1. The molecule has 0 fully saturated rings. The highest BCUT2D eigenvalue weighted by molar-refractivity contribution is 7.11. The number of hydrogen-bond acceptors (Lipinski definition) is 4. The molecule has 2 rings (SSSR count). The van der Waals surface area contributed by atoms with Gasteiger partial charge in [0.05, 0.1) is 0 Å². The van der Waals surface area contributed by atoms with Crippen LogP contribution in [0.5, 0.6) is 0 Å². The van der Waals surface area contributed by atoms with E-state index in [1.807, 2.05) is 24.3 Å². The minimum absolute atomic E-state index is 0.104. The third-order valence-corrected chi connectivity index (χ3v) is 3.64. The second kappa shape index (κ2) is 6.29. The molecular formula is C14H14N2O3S. The van der Waals surface area contributed by atoms with Crippen molar-refractivity contribution in [1.29, 1.82) is 0 Å². The van der Waals surface area contributed by atoms with Crippen molar-refractivity contribution in [1.82, 2.24) is 10.3 Å². The number of carbonyl (C=O) groups excluding carboxylic acids is 1. The Balaban J connectivity index is 1.95. The van der Waals surface area contributed by atoms with Gasteiger partial charge >= 0.3 is 5.97 Å². The zero-order valence-corrected chi connectivity index (χ0v) is 11.7. The lowest BCUT2D eigenvalue weighted by Gasteiger charge is -2.04. The van der Waals surface area contributed by atoms with Crippen LogP contribution < -0.4 is 5.32 Å². The number of thiazole rings is 1. The Morgan fingerprint density at radius 3 is 2.45 bits per heavy atom. The van der Waals surface area contributed by atoms with E-state index in [4.69, 9.17) is 5.11 Å². The Kier molecular flexibility index (Phi) is 4.47. The number of aryl methyl sites for hydroxylation is 1. The molecule has 0 saturated heterocycles. The van der Waals surface area contributed by atoms with Crippen LogP contribution in [0.2, 0.25) is 0 Å². The molecule has 1 heterocycles. The Morgan fingerprint density at radius 2 is 1.90 bits per heavy atom. The summed E-state index contributed by atoms with van der Waals surface area (Å²) in [5, 5.41) is 13.0. The molecule has 2 N–H and O–H groups in total. The summed E-state index contributed by atoms with van der Waals surface area (Å²) in [6, 6.07) is 7.97. The minimum atomic E-state index is -1.13. The molecule has 0 aliphatic rings. The van der Waals surface area contributed by atoms with Gasteiger partial charge in [0, 0.05) is 11.9 Å². The number of nitrogens with one attached hydrogen (secondary N) is 1. The second-order valence-corrected chi connectivity index (χ2v) is 5.05. The quantitative estimate of drug-likeness (QED) is 0.885. The van der Waals surface area contributed by atoms with Crippen LogP contribution in [0, 0.1) is 0 Å². The molecule has 1 aromatic carbocycles. The molecule has 0 spiro atoms. The standard InChI is InChI=1S/C14H14N2O3S/c1-2-9-3-5-10(6-4-9)7-15-12(17)13-16-11(8-20-13)14(18)19/h3-6,8H,2,7H2,1H3,(H,15,17)(H,18,19). The van der Waals surface area contributed by atoms with Gasteiger partial charge in [0.25, 0.3) is 5.91 Å². The smallest absolute Gasteiger partial charge is 0.355 e. The van der Waals surface area contributed by atoms with Crippen molar-refractivity contribution in [2.75, 3.05) is 0 Å². The highest BCUT2D eigenvalue weighted by Gasteiger charge is 2.14. The summed E-state index contributed by atoms with van der Waals surface area (Å²) in [5.41, 5.74) is 2.13. The maximum atomic E-state index is 11.8.